The minimum Gasteiger partial charge on any atom is -0.444 e. The Labute approximate surface area is 157 Å². The van der Waals surface area contributed by atoms with Crippen LogP contribution < -0.4 is 4.90 Å². The van der Waals surface area contributed by atoms with Crippen LogP contribution in [-0.2, 0) is 4.74 Å². The molecule has 1 aromatic carbocycles. The van der Waals surface area contributed by atoms with Crippen molar-refractivity contribution in [3.8, 4) is 0 Å². The Hall–Kier alpha value is -2.00. The van der Waals surface area contributed by atoms with Gasteiger partial charge in [0.1, 0.15) is 5.60 Å². The maximum Gasteiger partial charge on any atom is 0.410 e. The van der Waals surface area contributed by atoms with Gasteiger partial charge in [-0.15, -0.1) is 11.8 Å². The number of thioether (sulfide) groups is 1. The molecule has 0 atom stereocenters. The standard InChI is InChI=1S/C17H25N3O5S/c1-17(2,3)25-16(22)19(8-10-21)7-6-18-9-11-26-15-5-4-13(20(23)24)12-14(15)18/h4-5,12,21H,6-11H2,1-3H3. The zero-order valence-corrected chi connectivity index (χ0v) is 16.1. The fourth-order valence-electron chi connectivity index (χ4n) is 2.59. The maximum atomic E-state index is 12.3. The fraction of sp³-hybridized carbons (Fsp3) is 0.588. The number of rotatable bonds is 6. The Morgan fingerprint density at radius 1 is 1.42 bits per heavy atom. The van der Waals surface area contributed by atoms with Gasteiger partial charge in [0.15, 0.2) is 0 Å². The molecule has 0 fully saturated rings. The van der Waals surface area contributed by atoms with Crippen molar-refractivity contribution in [3.05, 3.63) is 28.3 Å². The van der Waals surface area contributed by atoms with Crippen LogP contribution in [0.4, 0.5) is 16.2 Å². The fourth-order valence-corrected chi connectivity index (χ4v) is 3.62. The summed E-state index contributed by atoms with van der Waals surface area (Å²) in [6.45, 7) is 7.00. The van der Waals surface area contributed by atoms with E-state index in [9.17, 15) is 20.0 Å². The van der Waals surface area contributed by atoms with E-state index in [4.69, 9.17) is 4.74 Å². The third-order valence-corrected chi connectivity index (χ3v) is 4.82. The summed E-state index contributed by atoms with van der Waals surface area (Å²) in [5.74, 6) is 0.872. The van der Waals surface area contributed by atoms with Crippen LogP contribution in [0, 0.1) is 10.1 Å². The van der Waals surface area contributed by atoms with Crippen LogP contribution in [0.1, 0.15) is 20.8 Å². The topological polar surface area (TPSA) is 96.2 Å². The number of fused-ring (bicyclic) bond motifs is 1. The molecule has 1 heterocycles. The number of nitrogens with zero attached hydrogens (tertiary/aromatic N) is 3. The second-order valence-corrected chi connectivity index (χ2v) is 8.07. The average Bonchev–Trinajstić information content (AvgIpc) is 2.56. The number of ether oxygens (including phenoxy) is 1. The summed E-state index contributed by atoms with van der Waals surface area (Å²) >= 11 is 1.66. The minimum absolute atomic E-state index is 0.0515. The lowest BCUT2D eigenvalue weighted by Crippen LogP contribution is -2.43. The van der Waals surface area contributed by atoms with E-state index >= 15 is 0 Å². The van der Waals surface area contributed by atoms with Crippen LogP contribution in [0.3, 0.4) is 0 Å². The number of anilines is 1. The van der Waals surface area contributed by atoms with Gasteiger partial charge >= 0.3 is 6.09 Å². The smallest absolute Gasteiger partial charge is 0.410 e. The molecule has 0 saturated carbocycles. The van der Waals surface area contributed by atoms with E-state index < -0.39 is 16.6 Å². The van der Waals surface area contributed by atoms with E-state index in [0.29, 0.717) is 13.1 Å². The molecule has 8 nitrogen and oxygen atoms in total. The Morgan fingerprint density at radius 2 is 2.15 bits per heavy atom. The highest BCUT2D eigenvalue weighted by Crippen LogP contribution is 2.37. The first-order valence-electron chi connectivity index (χ1n) is 8.46. The molecular weight excluding hydrogens is 358 g/mol. The van der Waals surface area contributed by atoms with Crippen LogP contribution in [0.25, 0.3) is 0 Å². The first-order chi connectivity index (χ1) is 12.2. The number of amides is 1. The summed E-state index contributed by atoms with van der Waals surface area (Å²) in [7, 11) is 0. The Morgan fingerprint density at radius 3 is 2.77 bits per heavy atom. The number of hydrogen-bond acceptors (Lipinski definition) is 7. The van der Waals surface area contributed by atoms with Gasteiger partial charge in [-0.05, 0) is 26.8 Å². The number of aliphatic hydroxyl groups excluding tert-OH is 1. The molecule has 0 aliphatic carbocycles. The lowest BCUT2D eigenvalue weighted by molar-refractivity contribution is -0.384. The zero-order chi connectivity index (χ0) is 19.3. The molecule has 1 aromatic rings. The van der Waals surface area contributed by atoms with Gasteiger partial charge in [0.05, 0.1) is 17.2 Å². The largest absolute Gasteiger partial charge is 0.444 e. The first-order valence-corrected chi connectivity index (χ1v) is 9.45. The molecule has 0 aromatic heterocycles. The predicted molar refractivity (Wildman–Crippen MR) is 101 cm³/mol. The summed E-state index contributed by atoms with van der Waals surface area (Å²) < 4.78 is 5.38. The highest BCUT2D eigenvalue weighted by molar-refractivity contribution is 7.99. The zero-order valence-electron chi connectivity index (χ0n) is 15.3. The highest BCUT2D eigenvalue weighted by Gasteiger charge is 2.24. The molecule has 1 aliphatic heterocycles. The van der Waals surface area contributed by atoms with Crippen LogP contribution in [-0.4, -0.2) is 65.2 Å². The van der Waals surface area contributed by atoms with Gasteiger partial charge < -0.3 is 19.6 Å². The molecule has 1 aliphatic rings. The summed E-state index contributed by atoms with van der Waals surface area (Å²) in [6, 6.07) is 4.85. The molecule has 144 valence electrons. The molecule has 0 radical (unpaired) electrons. The molecule has 0 unspecified atom stereocenters. The van der Waals surface area contributed by atoms with Gasteiger partial charge in [-0.25, -0.2) is 4.79 Å². The molecule has 2 rings (SSSR count). The summed E-state index contributed by atoms with van der Waals surface area (Å²) in [4.78, 5) is 27.4. The predicted octanol–water partition coefficient (Wildman–Crippen LogP) is 2.74. The molecule has 0 saturated heterocycles. The van der Waals surface area contributed by atoms with Crippen molar-refractivity contribution < 1.29 is 19.6 Å². The van der Waals surface area contributed by atoms with E-state index in [1.54, 1.807) is 44.7 Å². The van der Waals surface area contributed by atoms with Crippen molar-refractivity contribution >= 4 is 29.2 Å². The third kappa shape index (κ3) is 5.50. The Kier molecular flexibility index (Phi) is 6.71. The maximum absolute atomic E-state index is 12.3. The Balaban J connectivity index is 2.09. The molecule has 26 heavy (non-hydrogen) atoms. The van der Waals surface area contributed by atoms with Gasteiger partial charge in [0.2, 0.25) is 0 Å². The highest BCUT2D eigenvalue weighted by atomic mass is 32.2. The normalized spacial score (nSPS) is 13.9. The molecule has 9 heteroatoms. The van der Waals surface area contributed by atoms with Crippen molar-refractivity contribution in [2.75, 3.05) is 43.4 Å². The Bertz CT molecular complexity index is 662. The van der Waals surface area contributed by atoms with Crippen molar-refractivity contribution in [1.29, 1.82) is 0 Å². The van der Waals surface area contributed by atoms with Gasteiger partial charge in [0.25, 0.3) is 5.69 Å². The summed E-state index contributed by atoms with van der Waals surface area (Å²) in [6.07, 6.45) is -0.475. The van der Waals surface area contributed by atoms with Crippen molar-refractivity contribution in [2.24, 2.45) is 0 Å². The minimum atomic E-state index is -0.611. The second-order valence-electron chi connectivity index (χ2n) is 6.94. The quantitative estimate of drug-likeness (QED) is 0.596. The van der Waals surface area contributed by atoms with Crippen LogP contribution in [0.15, 0.2) is 23.1 Å². The van der Waals surface area contributed by atoms with E-state index in [-0.39, 0.29) is 18.8 Å². The number of benzene rings is 1. The molecular formula is C17H25N3O5S. The van der Waals surface area contributed by atoms with Crippen LogP contribution in [0.5, 0.6) is 0 Å². The van der Waals surface area contributed by atoms with E-state index in [1.165, 1.54) is 11.0 Å². The number of carbonyl (C=O) groups excluding carboxylic acids is 1. The average molecular weight is 383 g/mol. The SMILES string of the molecule is CC(C)(C)OC(=O)N(CCO)CCN1CCSc2ccc([N+](=O)[O-])cc21. The van der Waals surface area contributed by atoms with Crippen molar-refractivity contribution in [1.82, 2.24) is 4.90 Å². The third-order valence-electron chi connectivity index (χ3n) is 3.77. The van der Waals surface area contributed by atoms with Crippen molar-refractivity contribution in [2.45, 2.75) is 31.3 Å². The number of carbonyl (C=O) groups is 1. The van der Waals surface area contributed by atoms with E-state index in [1.807, 2.05) is 4.90 Å². The van der Waals surface area contributed by atoms with E-state index in [2.05, 4.69) is 0 Å². The molecule has 0 spiro atoms. The molecule has 0 bridgehead atoms. The lowest BCUT2D eigenvalue weighted by Gasteiger charge is -2.33. The number of nitro groups is 1. The lowest BCUT2D eigenvalue weighted by atomic mass is 10.2. The van der Waals surface area contributed by atoms with E-state index in [0.717, 1.165) is 22.9 Å². The summed E-state index contributed by atoms with van der Waals surface area (Å²) in [5.41, 5.74) is 0.249. The second kappa shape index (κ2) is 8.59. The number of hydrogen-bond donors (Lipinski definition) is 1. The van der Waals surface area contributed by atoms with Gasteiger partial charge in [-0.2, -0.15) is 0 Å². The van der Waals surface area contributed by atoms with Crippen LogP contribution in [0.2, 0.25) is 0 Å². The summed E-state index contributed by atoms with van der Waals surface area (Å²) in [5, 5.41) is 20.3. The number of nitro benzene ring substituents is 1. The van der Waals surface area contributed by atoms with Gasteiger partial charge in [-0.1, -0.05) is 0 Å². The number of non-ortho nitro benzene ring substituents is 1. The molecule has 1 amide bonds. The molecule has 1 N–H and O–H groups in total. The van der Waals surface area contributed by atoms with Gasteiger partial charge in [0, 0.05) is 49.0 Å². The number of aliphatic hydroxyl groups is 1. The van der Waals surface area contributed by atoms with Crippen LogP contribution >= 0.6 is 11.8 Å². The van der Waals surface area contributed by atoms with Gasteiger partial charge in [-0.3, -0.25) is 10.1 Å². The van der Waals surface area contributed by atoms with Crippen molar-refractivity contribution in [3.63, 3.8) is 0 Å². The monoisotopic (exact) mass is 383 g/mol. The first kappa shape index (κ1) is 20.3.